The monoisotopic (exact) mass is 668 g/mol. The first-order chi connectivity index (χ1) is 22.4. The van der Waals surface area contributed by atoms with E-state index in [9.17, 15) is 4.79 Å². The van der Waals surface area contributed by atoms with Crippen LogP contribution in [0.15, 0.2) is 100 Å². The van der Waals surface area contributed by atoms with Gasteiger partial charge >= 0.3 is 0 Å². The van der Waals surface area contributed by atoms with E-state index < -0.39 is 0 Å². The normalized spacial score (nSPS) is 15.5. The predicted molar refractivity (Wildman–Crippen MR) is 184 cm³/mol. The molecule has 2 heterocycles. The molecule has 2 aliphatic rings. The Kier molecular flexibility index (Phi) is 8.47. The molecule has 6 nitrogen and oxygen atoms in total. The number of thiazole rings is 1. The highest BCUT2D eigenvalue weighted by Crippen LogP contribution is 2.43. The summed E-state index contributed by atoms with van der Waals surface area (Å²) in [7, 11) is 1.67. The lowest BCUT2D eigenvalue weighted by Crippen LogP contribution is -2.39. The number of methoxy groups -OCH3 is 1. The number of para-hydroxylation sites is 1. The highest BCUT2D eigenvalue weighted by atomic mass is 35.5. The number of rotatable bonds is 8. The summed E-state index contributed by atoms with van der Waals surface area (Å²) >= 11 is 13.8. The van der Waals surface area contributed by atoms with E-state index in [1.165, 1.54) is 16.9 Å². The van der Waals surface area contributed by atoms with Gasteiger partial charge in [-0.25, -0.2) is 4.99 Å². The second kappa shape index (κ2) is 12.8. The molecule has 0 fully saturated rings. The summed E-state index contributed by atoms with van der Waals surface area (Å²) in [5.41, 5.74) is 6.95. The van der Waals surface area contributed by atoms with Crippen molar-refractivity contribution in [1.82, 2.24) is 4.57 Å². The van der Waals surface area contributed by atoms with Crippen molar-refractivity contribution in [3.05, 3.63) is 148 Å². The van der Waals surface area contributed by atoms with Crippen molar-refractivity contribution < 1.29 is 14.2 Å². The summed E-state index contributed by atoms with van der Waals surface area (Å²) in [5.74, 6) is 1.90. The Morgan fingerprint density at radius 2 is 1.76 bits per heavy atom. The van der Waals surface area contributed by atoms with Crippen LogP contribution in [-0.2, 0) is 13.0 Å². The van der Waals surface area contributed by atoms with Gasteiger partial charge in [-0.1, -0.05) is 89.1 Å². The van der Waals surface area contributed by atoms with Gasteiger partial charge in [-0.3, -0.25) is 9.36 Å². The van der Waals surface area contributed by atoms with Crippen molar-refractivity contribution in [2.75, 3.05) is 13.7 Å². The van der Waals surface area contributed by atoms with Crippen LogP contribution < -0.4 is 29.1 Å². The average molecular weight is 670 g/mol. The molecule has 0 radical (unpaired) electrons. The Hall–Kier alpha value is -4.30. The number of benzene rings is 4. The molecule has 0 amide bonds. The summed E-state index contributed by atoms with van der Waals surface area (Å²) in [6.07, 6.45) is 3.59. The zero-order valence-corrected chi connectivity index (χ0v) is 27.6. The van der Waals surface area contributed by atoms with Crippen molar-refractivity contribution >= 4 is 46.3 Å². The van der Waals surface area contributed by atoms with Gasteiger partial charge in [0.2, 0.25) is 0 Å². The lowest BCUT2D eigenvalue weighted by atomic mass is 9.83. The number of nitrogens with zero attached hydrogens (tertiary/aromatic N) is 2. The van der Waals surface area contributed by atoms with Gasteiger partial charge < -0.3 is 14.2 Å². The van der Waals surface area contributed by atoms with Crippen LogP contribution in [0.25, 0.3) is 11.8 Å². The maximum atomic E-state index is 14.3. The standard InChI is InChI=1S/C37H30Cl2N2O4S/c1-3-44-32-18-22(12-17-31(32)45-21-24-13-15-25(38)20-29(24)39)19-33-36(42)41-35(27-10-6-7-11-30(27)43-2)28-16-14-23-8-4-5-9-26(23)34(28)40-37(41)46-33/h4-13,15,17-20,35H,3,14,16,21H2,1-2H3/b33-19-. The number of aryl methyl sites for hydroxylation is 1. The number of ether oxygens (including phenoxy) is 3. The Labute approximate surface area is 280 Å². The topological polar surface area (TPSA) is 62.0 Å². The lowest BCUT2D eigenvalue weighted by molar-refractivity contribution is 0.269. The van der Waals surface area contributed by atoms with Crippen LogP contribution in [0.2, 0.25) is 10.0 Å². The highest BCUT2D eigenvalue weighted by Gasteiger charge is 2.34. The minimum Gasteiger partial charge on any atom is -0.496 e. The van der Waals surface area contributed by atoms with E-state index in [1.54, 1.807) is 19.2 Å². The number of allylic oxidation sites excluding steroid dienone is 1. The minimum atomic E-state index is -0.327. The summed E-state index contributed by atoms with van der Waals surface area (Å²) in [6.45, 7) is 2.63. The third-order valence-corrected chi connectivity index (χ3v) is 9.84. The number of hydrogen-bond acceptors (Lipinski definition) is 6. The fourth-order valence-corrected chi connectivity index (χ4v) is 7.60. The Morgan fingerprint density at radius 3 is 2.59 bits per heavy atom. The molecule has 0 bridgehead atoms. The summed E-state index contributed by atoms with van der Waals surface area (Å²) in [4.78, 5) is 20.0. The predicted octanol–water partition coefficient (Wildman–Crippen LogP) is 7.61. The molecule has 0 spiro atoms. The van der Waals surface area contributed by atoms with Gasteiger partial charge in [-0.05, 0) is 72.9 Å². The molecular formula is C37H30Cl2N2O4S. The molecule has 1 aliphatic carbocycles. The summed E-state index contributed by atoms with van der Waals surface area (Å²) in [5, 5.41) is 1.10. The maximum absolute atomic E-state index is 14.3. The lowest BCUT2D eigenvalue weighted by Gasteiger charge is -2.31. The third-order valence-electron chi connectivity index (χ3n) is 8.27. The van der Waals surface area contributed by atoms with E-state index in [4.69, 9.17) is 42.4 Å². The van der Waals surface area contributed by atoms with E-state index >= 15 is 0 Å². The van der Waals surface area contributed by atoms with E-state index in [-0.39, 0.29) is 18.2 Å². The fraction of sp³-hybridized carbons (Fsp3) is 0.189. The SMILES string of the molecule is CCOc1cc(/C=c2\sc3n(c2=O)C(c2ccccc2OC)C2=C(N=3)c3ccccc3CC2)ccc1OCc1ccc(Cl)cc1Cl. The molecule has 0 saturated carbocycles. The molecule has 232 valence electrons. The second-order valence-corrected chi connectivity index (χ2v) is 12.9. The largest absolute Gasteiger partial charge is 0.496 e. The van der Waals surface area contributed by atoms with Crippen molar-refractivity contribution in [2.45, 2.75) is 32.4 Å². The summed E-state index contributed by atoms with van der Waals surface area (Å²) in [6, 6.07) is 27.0. The molecule has 0 saturated heterocycles. The first-order valence-corrected chi connectivity index (χ1v) is 16.6. The van der Waals surface area contributed by atoms with Crippen LogP contribution in [0.4, 0.5) is 0 Å². The van der Waals surface area contributed by atoms with Crippen molar-refractivity contribution in [3.8, 4) is 17.2 Å². The zero-order chi connectivity index (χ0) is 31.8. The first-order valence-electron chi connectivity index (χ1n) is 15.0. The Balaban J connectivity index is 1.32. The molecule has 4 aromatic carbocycles. The van der Waals surface area contributed by atoms with E-state index in [0.717, 1.165) is 52.1 Å². The zero-order valence-electron chi connectivity index (χ0n) is 25.3. The van der Waals surface area contributed by atoms with Crippen molar-refractivity contribution in [2.24, 2.45) is 4.99 Å². The number of halogens is 2. The molecule has 1 aliphatic heterocycles. The van der Waals surface area contributed by atoms with Gasteiger partial charge in [0.1, 0.15) is 12.4 Å². The number of hydrogen-bond donors (Lipinski definition) is 0. The highest BCUT2D eigenvalue weighted by molar-refractivity contribution is 7.07. The van der Waals surface area contributed by atoms with E-state index in [1.807, 2.05) is 72.2 Å². The van der Waals surface area contributed by atoms with Crippen LogP contribution >= 0.6 is 34.5 Å². The fourth-order valence-electron chi connectivity index (χ4n) is 6.14. The minimum absolute atomic E-state index is 0.0965. The summed E-state index contributed by atoms with van der Waals surface area (Å²) < 4.78 is 20.3. The molecule has 1 aromatic heterocycles. The molecular weight excluding hydrogens is 639 g/mol. The average Bonchev–Trinajstić information content (AvgIpc) is 3.38. The maximum Gasteiger partial charge on any atom is 0.271 e. The molecule has 46 heavy (non-hydrogen) atoms. The van der Waals surface area contributed by atoms with Gasteiger partial charge in [-0.2, -0.15) is 0 Å². The van der Waals surface area contributed by atoms with Crippen LogP contribution in [0.3, 0.4) is 0 Å². The van der Waals surface area contributed by atoms with E-state index in [0.29, 0.717) is 37.5 Å². The molecule has 1 unspecified atom stereocenters. The van der Waals surface area contributed by atoms with Crippen LogP contribution in [0.5, 0.6) is 17.2 Å². The third kappa shape index (κ3) is 5.64. The van der Waals surface area contributed by atoms with Gasteiger partial charge in [-0.15, -0.1) is 0 Å². The first kappa shape index (κ1) is 30.4. The van der Waals surface area contributed by atoms with Gasteiger partial charge in [0.05, 0.1) is 30.0 Å². The Bertz CT molecular complexity index is 2190. The number of fused-ring (bicyclic) bond motifs is 3. The van der Waals surface area contributed by atoms with Gasteiger partial charge in [0, 0.05) is 26.7 Å². The molecule has 7 rings (SSSR count). The van der Waals surface area contributed by atoms with Crippen LogP contribution in [-0.4, -0.2) is 18.3 Å². The smallest absolute Gasteiger partial charge is 0.271 e. The molecule has 1 atom stereocenters. The van der Waals surface area contributed by atoms with E-state index in [2.05, 4.69) is 18.2 Å². The molecule has 9 heteroatoms. The quantitative estimate of drug-likeness (QED) is 0.171. The second-order valence-electron chi connectivity index (χ2n) is 11.0. The van der Waals surface area contributed by atoms with Crippen LogP contribution in [0.1, 0.15) is 47.2 Å². The Morgan fingerprint density at radius 1 is 0.935 bits per heavy atom. The van der Waals surface area contributed by atoms with Gasteiger partial charge in [0.15, 0.2) is 16.3 Å². The molecule has 0 N–H and O–H groups in total. The molecule has 5 aromatic rings. The number of aromatic nitrogens is 1. The van der Waals surface area contributed by atoms with Crippen molar-refractivity contribution in [1.29, 1.82) is 0 Å². The van der Waals surface area contributed by atoms with Crippen LogP contribution in [0, 0.1) is 0 Å². The van der Waals surface area contributed by atoms with Gasteiger partial charge in [0.25, 0.3) is 5.56 Å². The van der Waals surface area contributed by atoms with Crippen molar-refractivity contribution in [3.63, 3.8) is 0 Å².